The van der Waals surface area contributed by atoms with E-state index in [0.717, 1.165) is 18.6 Å². The summed E-state index contributed by atoms with van der Waals surface area (Å²) in [5.41, 5.74) is 0. The summed E-state index contributed by atoms with van der Waals surface area (Å²) in [7, 11) is 0.329. The van der Waals surface area contributed by atoms with Gasteiger partial charge in [-0.1, -0.05) is 42.4 Å². The molecule has 0 heterocycles. The molecule has 128 valence electrons. The van der Waals surface area contributed by atoms with Gasteiger partial charge < -0.3 is 0 Å². The SMILES string of the molecule is CC(C)OP(=O)(OCCCCSSC(C)(C)C)OC(C)C. The lowest BCUT2D eigenvalue weighted by Crippen LogP contribution is -2.10. The molecule has 4 nitrogen and oxygen atoms in total. The molecular weight excluding hydrogens is 327 g/mol. The van der Waals surface area contributed by atoms with Crippen LogP contribution in [0.2, 0.25) is 0 Å². The van der Waals surface area contributed by atoms with E-state index in [-0.39, 0.29) is 17.0 Å². The van der Waals surface area contributed by atoms with Crippen LogP contribution in [0.25, 0.3) is 0 Å². The molecule has 0 aliphatic heterocycles. The number of hydrogen-bond donors (Lipinski definition) is 0. The van der Waals surface area contributed by atoms with Crippen LogP contribution < -0.4 is 0 Å². The van der Waals surface area contributed by atoms with E-state index in [2.05, 4.69) is 20.8 Å². The van der Waals surface area contributed by atoms with Crippen molar-refractivity contribution in [2.24, 2.45) is 0 Å². The van der Waals surface area contributed by atoms with E-state index < -0.39 is 7.82 Å². The third-order valence-corrected chi connectivity index (χ3v) is 7.15. The highest BCUT2D eigenvalue weighted by atomic mass is 33.1. The zero-order valence-corrected chi connectivity index (χ0v) is 16.9. The van der Waals surface area contributed by atoms with Crippen molar-refractivity contribution in [2.45, 2.75) is 78.3 Å². The fourth-order valence-electron chi connectivity index (χ4n) is 1.26. The summed E-state index contributed by atoms with van der Waals surface area (Å²) < 4.78 is 28.7. The van der Waals surface area contributed by atoms with Gasteiger partial charge in [0.2, 0.25) is 0 Å². The van der Waals surface area contributed by atoms with Gasteiger partial charge in [-0.2, -0.15) is 0 Å². The van der Waals surface area contributed by atoms with E-state index in [4.69, 9.17) is 13.6 Å². The van der Waals surface area contributed by atoms with E-state index in [1.54, 1.807) is 0 Å². The van der Waals surface area contributed by atoms with Crippen LogP contribution in [0.1, 0.15) is 61.3 Å². The molecule has 0 aliphatic carbocycles. The molecule has 7 heteroatoms. The Bertz CT molecular complexity index is 303. The van der Waals surface area contributed by atoms with Crippen molar-refractivity contribution < 1.29 is 18.1 Å². The molecule has 0 aliphatic rings. The first-order valence-corrected chi connectivity index (χ1v) is 11.2. The minimum absolute atomic E-state index is 0.187. The van der Waals surface area contributed by atoms with Gasteiger partial charge in [-0.3, -0.25) is 13.6 Å². The van der Waals surface area contributed by atoms with Gasteiger partial charge in [0.25, 0.3) is 0 Å². The highest BCUT2D eigenvalue weighted by Crippen LogP contribution is 2.51. The van der Waals surface area contributed by atoms with Crippen molar-refractivity contribution in [1.82, 2.24) is 0 Å². The first-order valence-electron chi connectivity index (χ1n) is 7.46. The van der Waals surface area contributed by atoms with E-state index in [1.165, 1.54) is 0 Å². The van der Waals surface area contributed by atoms with Crippen molar-refractivity contribution in [1.29, 1.82) is 0 Å². The molecule has 0 amide bonds. The Morgan fingerprint density at radius 3 is 1.95 bits per heavy atom. The molecule has 0 spiro atoms. The van der Waals surface area contributed by atoms with Crippen molar-refractivity contribution in [2.75, 3.05) is 12.4 Å². The third-order valence-electron chi connectivity index (χ3n) is 1.86. The maximum atomic E-state index is 12.4. The summed E-state index contributed by atoms with van der Waals surface area (Å²) in [5, 5.41) is 0. The number of phosphoric acid groups is 1. The number of hydrogen-bond acceptors (Lipinski definition) is 6. The summed E-state index contributed by atoms with van der Waals surface area (Å²) >= 11 is 0. The van der Waals surface area contributed by atoms with Crippen molar-refractivity contribution in [3.8, 4) is 0 Å². The molecule has 0 atom stereocenters. The fourth-order valence-corrected chi connectivity index (χ4v) is 5.24. The van der Waals surface area contributed by atoms with Gasteiger partial charge in [-0.15, -0.1) is 0 Å². The second-order valence-electron chi connectivity index (χ2n) is 6.31. The minimum Gasteiger partial charge on any atom is -0.287 e. The van der Waals surface area contributed by atoms with Crippen LogP contribution in [0.4, 0.5) is 0 Å². The first-order chi connectivity index (χ1) is 9.54. The van der Waals surface area contributed by atoms with Gasteiger partial charge in [0.05, 0.1) is 18.8 Å². The smallest absolute Gasteiger partial charge is 0.287 e. The van der Waals surface area contributed by atoms with Gasteiger partial charge in [0.15, 0.2) is 0 Å². The Morgan fingerprint density at radius 1 is 1.00 bits per heavy atom. The average Bonchev–Trinajstić information content (AvgIpc) is 2.23. The Balaban J connectivity index is 3.91. The van der Waals surface area contributed by atoms with Gasteiger partial charge in [0.1, 0.15) is 0 Å². The Kier molecular flexibility index (Phi) is 11.0. The number of unbranched alkanes of at least 4 members (excludes halogenated alkanes) is 1. The standard InChI is InChI=1S/C14H31O4PS2/c1-12(2)17-19(15,18-13(3)4)16-10-8-9-11-20-21-14(5,6)7/h12-13H,8-11H2,1-7H3. The first kappa shape index (κ1) is 21.8. The average molecular weight is 359 g/mol. The zero-order valence-electron chi connectivity index (χ0n) is 14.4. The molecule has 0 aromatic rings. The van der Waals surface area contributed by atoms with Crippen LogP contribution in [-0.2, 0) is 18.1 Å². The summed E-state index contributed by atoms with van der Waals surface area (Å²) in [5.74, 6) is 1.06. The molecule has 0 radical (unpaired) electrons. The summed E-state index contributed by atoms with van der Waals surface area (Å²) in [6, 6.07) is 0. The number of rotatable bonds is 11. The van der Waals surface area contributed by atoms with Gasteiger partial charge in [0, 0.05) is 10.5 Å². The Morgan fingerprint density at radius 2 is 1.52 bits per heavy atom. The van der Waals surface area contributed by atoms with Crippen molar-refractivity contribution >= 4 is 29.4 Å². The lowest BCUT2D eigenvalue weighted by Gasteiger charge is -2.21. The maximum Gasteiger partial charge on any atom is 0.475 e. The second kappa shape index (κ2) is 10.6. The molecule has 0 saturated heterocycles. The topological polar surface area (TPSA) is 44.8 Å². The third kappa shape index (κ3) is 14.2. The molecule has 0 N–H and O–H groups in total. The Hall–Kier alpha value is 0.810. The molecule has 0 saturated carbocycles. The molecule has 0 unspecified atom stereocenters. The number of phosphoric ester groups is 1. The predicted molar refractivity (Wildman–Crippen MR) is 95.0 cm³/mol. The molecule has 0 aromatic heterocycles. The molecular formula is C14H31O4PS2. The molecule has 0 fully saturated rings. The lowest BCUT2D eigenvalue weighted by molar-refractivity contribution is 0.0716. The zero-order chi connectivity index (χ0) is 16.5. The van der Waals surface area contributed by atoms with Crippen LogP contribution >= 0.6 is 29.4 Å². The van der Waals surface area contributed by atoms with Crippen molar-refractivity contribution in [3.63, 3.8) is 0 Å². The minimum atomic E-state index is -3.43. The highest BCUT2D eigenvalue weighted by Gasteiger charge is 2.29. The van der Waals surface area contributed by atoms with E-state index >= 15 is 0 Å². The fraction of sp³-hybridized carbons (Fsp3) is 1.00. The van der Waals surface area contributed by atoms with Gasteiger partial charge in [-0.25, -0.2) is 4.57 Å². The summed E-state index contributed by atoms with van der Waals surface area (Å²) in [6.45, 7) is 14.3. The maximum absolute atomic E-state index is 12.4. The summed E-state index contributed by atoms with van der Waals surface area (Å²) in [6.07, 6.45) is 1.50. The monoisotopic (exact) mass is 358 g/mol. The lowest BCUT2D eigenvalue weighted by atomic mass is 10.3. The molecule has 21 heavy (non-hydrogen) atoms. The normalized spacial score (nSPS) is 13.4. The van der Waals surface area contributed by atoms with E-state index in [9.17, 15) is 4.57 Å². The molecule has 0 bridgehead atoms. The molecule has 0 rings (SSSR count). The second-order valence-corrected chi connectivity index (χ2v) is 11.1. The van der Waals surface area contributed by atoms with E-state index in [1.807, 2.05) is 49.3 Å². The highest BCUT2D eigenvalue weighted by molar-refractivity contribution is 8.77. The van der Waals surface area contributed by atoms with Crippen LogP contribution in [-0.4, -0.2) is 29.3 Å². The van der Waals surface area contributed by atoms with Crippen molar-refractivity contribution in [3.05, 3.63) is 0 Å². The van der Waals surface area contributed by atoms with Gasteiger partial charge in [-0.05, 0) is 40.5 Å². The van der Waals surface area contributed by atoms with Crippen LogP contribution in [0.5, 0.6) is 0 Å². The van der Waals surface area contributed by atoms with E-state index in [0.29, 0.717) is 6.61 Å². The van der Waals surface area contributed by atoms with Gasteiger partial charge >= 0.3 is 7.82 Å². The van der Waals surface area contributed by atoms with Crippen LogP contribution in [0.15, 0.2) is 0 Å². The molecule has 0 aromatic carbocycles. The quantitative estimate of drug-likeness (QED) is 0.259. The van der Waals surface area contributed by atoms with Crippen LogP contribution in [0.3, 0.4) is 0 Å². The predicted octanol–water partition coefficient (Wildman–Crippen LogP) is 5.92. The van der Waals surface area contributed by atoms with Crippen LogP contribution in [0, 0.1) is 0 Å². The largest absolute Gasteiger partial charge is 0.475 e. The Labute approximate surface area is 138 Å². The summed E-state index contributed by atoms with van der Waals surface area (Å²) in [4.78, 5) is 0.